The van der Waals surface area contributed by atoms with Gasteiger partial charge in [0.25, 0.3) is 0 Å². The smallest absolute Gasteiger partial charge is 0.224 e. The van der Waals surface area contributed by atoms with Gasteiger partial charge in [-0.1, -0.05) is 57.0 Å². The van der Waals surface area contributed by atoms with E-state index in [0.29, 0.717) is 43.0 Å². The molecule has 1 spiro atoms. The molecule has 0 radical (unpaired) electrons. The summed E-state index contributed by atoms with van der Waals surface area (Å²) < 4.78 is 0. The third-order valence-corrected chi connectivity index (χ3v) is 9.80. The number of aromatic nitrogens is 2. The summed E-state index contributed by atoms with van der Waals surface area (Å²) in [5.74, 6) is 1.16. The van der Waals surface area contributed by atoms with E-state index in [1.807, 2.05) is 19.1 Å². The molecule has 3 aliphatic rings. The Labute approximate surface area is 250 Å². The molecule has 7 heteroatoms. The molecule has 1 aromatic carbocycles. The molecule has 1 saturated heterocycles. The fourth-order valence-corrected chi connectivity index (χ4v) is 6.83. The number of likely N-dealkylation sites (tertiary alicyclic amines) is 1. The lowest BCUT2D eigenvalue weighted by Gasteiger charge is -2.32. The van der Waals surface area contributed by atoms with E-state index in [-0.39, 0.29) is 29.1 Å². The van der Waals surface area contributed by atoms with Gasteiger partial charge in [0, 0.05) is 30.7 Å². The Morgan fingerprint density at radius 1 is 1.14 bits per heavy atom. The molecule has 2 aromatic rings. The number of piperidine rings is 1. The molecule has 2 N–H and O–H groups in total. The second kappa shape index (κ2) is 13.9. The summed E-state index contributed by atoms with van der Waals surface area (Å²) in [7, 11) is 0. The van der Waals surface area contributed by atoms with Crippen LogP contribution in [-0.2, 0) is 9.59 Å². The quantitative estimate of drug-likeness (QED) is 0.281. The van der Waals surface area contributed by atoms with Crippen molar-refractivity contribution in [3.8, 4) is 11.4 Å². The average Bonchev–Trinajstić information content (AvgIpc) is 3.51. The first kappa shape index (κ1) is 30.4. The maximum Gasteiger partial charge on any atom is 0.224 e. The van der Waals surface area contributed by atoms with Crippen molar-refractivity contribution in [2.24, 2.45) is 11.3 Å². The summed E-state index contributed by atoms with van der Waals surface area (Å²) >= 11 is 0. The number of rotatable bonds is 11. The number of ketones is 2. The van der Waals surface area contributed by atoms with Gasteiger partial charge in [0.05, 0.1) is 11.7 Å². The monoisotopic (exact) mass is 572 g/mol. The van der Waals surface area contributed by atoms with E-state index in [1.54, 1.807) is 0 Å². The Bertz CT molecular complexity index is 1290. The number of carbonyl (C=O) groups is 3. The molecule has 7 nitrogen and oxygen atoms in total. The predicted octanol–water partition coefficient (Wildman–Crippen LogP) is 7.06. The molecular weight excluding hydrogens is 524 g/mol. The number of H-pyrrole nitrogens is 1. The van der Waals surface area contributed by atoms with Crippen molar-refractivity contribution in [1.29, 1.82) is 0 Å². The molecule has 2 atom stereocenters. The van der Waals surface area contributed by atoms with Gasteiger partial charge in [-0.05, 0) is 88.0 Å². The van der Waals surface area contributed by atoms with Crippen molar-refractivity contribution < 1.29 is 14.4 Å². The number of aromatic amines is 1. The van der Waals surface area contributed by atoms with Gasteiger partial charge >= 0.3 is 0 Å². The summed E-state index contributed by atoms with van der Waals surface area (Å²) in [4.78, 5) is 50.0. The first-order chi connectivity index (χ1) is 20.4. The zero-order valence-electron chi connectivity index (χ0n) is 25.6. The Balaban J connectivity index is 1.39. The van der Waals surface area contributed by atoms with Gasteiger partial charge in [-0.15, -0.1) is 0 Å². The van der Waals surface area contributed by atoms with Crippen LogP contribution in [0, 0.1) is 11.3 Å². The summed E-state index contributed by atoms with van der Waals surface area (Å²) in [6, 6.07) is 7.90. The third kappa shape index (κ3) is 7.28. The Kier molecular flexibility index (Phi) is 10.1. The number of amides is 1. The maximum absolute atomic E-state index is 13.8. The molecule has 1 saturated carbocycles. The number of fused-ring (bicyclic) bond motifs is 5. The number of hydrogen-bond acceptors (Lipinski definition) is 5. The Morgan fingerprint density at radius 2 is 1.98 bits per heavy atom. The third-order valence-electron chi connectivity index (χ3n) is 9.80. The first-order valence-corrected chi connectivity index (χ1v) is 16.4. The topological polar surface area (TPSA) is 95.2 Å². The van der Waals surface area contributed by atoms with Crippen molar-refractivity contribution in [2.75, 3.05) is 19.6 Å². The van der Waals surface area contributed by atoms with Crippen molar-refractivity contribution in [2.45, 2.75) is 103 Å². The molecule has 2 aliphatic heterocycles. The van der Waals surface area contributed by atoms with Crippen molar-refractivity contribution in [1.82, 2.24) is 20.2 Å². The zero-order chi connectivity index (χ0) is 29.5. The highest BCUT2D eigenvalue weighted by Crippen LogP contribution is 2.59. The van der Waals surface area contributed by atoms with E-state index < -0.39 is 0 Å². The second-order valence-electron chi connectivity index (χ2n) is 12.7. The fourth-order valence-electron chi connectivity index (χ4n) is 6.83. The number of nitrogens with zero attached hydrogens (tertiary/aromatic N) is 2. The van der Waals surface area contributed by atoms with E-state index in [9.17, 15) is 14.4 Å². The van der Waals surface area contributed by atoms with Gasteiger partial charge in [-0.2, -0.15) is 0 Å². The summed E-state index contributed by atoms with van der Waals surface area (Å²) in [6.45, 7) is 7.31. The van der Waals surface area contributed by atoms with Crippen LogP contribution in [0.4, 0.5) is 0 Å². The molecule has 0 unspecified atom stereocenters. The van der Waals surface area contributed by atoms with Crippen molar-refractivity contribution in [3.05, 3.63) is 47.3 Å². The second-order valence-corrected chi connectivity index (χ2v) is 12.7. The Morgan fingerprint density at radius 3 is 2.76 bits per heavy atom. The van der Waals surface area contributed by atoms with E-state index in [2.05, 4.69) is 46.4 Å². The number of nitrogens with one attached hydrogen (secondary N) is 2. The maximum atomic E-state index is 13.8. The van der Waals surface area contributed by atoms with Crippen LogP contribution in [-0.4, -0.2) is 52.0 Å². The summed E-state index contributed by atoms with van der Waals surface area (Å²) in [5.41, 5.74) is 3.39. The summed E-state index contributed by atoms with van der Waals surface area (Å²) in [5, 5.41) is 3.40. The zero-order valence-corrected chi connectivity index (χ0v) is 25.6. The lowest BCUT2D eigenvalue weighted by molar-refractivity contribution is -0.124. The van der Waals surface area contributed by atoms with Gasteiger partial charge < -0.3 is 15.2 Å². The van der Waals surface area contributed by atoms with E-state index in [1.165, 1.54) is 0 Å². The van der Waals surface area contributed by atoms with Crippen LogP contribution in [0.3, 0.4) is 0 Å². The first-order valence-electron chi connectivity index (χ1n) is 16.4. The van der Waals surface area contributed by atoms with E-state index in [4.69, 9.17) is 4.98 Å². The minimum atomic E-state index is -0.316. The van der Waals surface area contributed by atoms with Gasteiger partial charge in [0.1, 0.15) is 17.3 Å². The van der Waals surface area contributed by atoms with Crippen LogP contribution in [0.2, 0.25) is 0 Å². The van der Waals surface area contributed by atoms with Gasteiger partial charge in [-0.25, -0.2) is 4.98 Å². The minimum Gasteiger partial charge on any atom is -0.347 e. The number of carbonyl (C=O) groups excluding carboxylic acids is 3. The highest BCUT2D eigenvalue weighted by Gasteiger charge is 2.58. The number of hydrogen-bond donors (Lipinski definition) is 2. The van der Waals surface area contributed by atoms with Crippen LogP contribution in [0.1, 0.15) is 125 Å². The Hall–Kier alpha value is -3.06. The molecule has 3 heterocycles. The normalized spacial score (nSPS) is 21.6. The largest absolute Gasteiger partial charge is 0.347 e. The number of imidazole rings is 1. The fraction of sp³-hybridized carbons (Fsp3) is 0.600. The lowest BCUT2D eigenvalue weighted by Crippen LogP contribution is -2.37. The van der Waals surface area contributed by atoms with Crippen LogP contribution < -0.4 is 5.32 Å². The SMILES string of the molecule is CCC(=O)CCCCC[C@H](NC(=O)[C@H]1CC12CCN(CC)CC2)c1[nH]c2nc1C(=O)CCCC/C=C/c1cccc-2c1. The van der Waals surface area contributed by atoms with Crippen LogP contribution in [0.5, 0.6) is 0 Å². The number of Topliss-reactive ketones (excluding diaryl/α,β-unsaturated/α-hetero) is 2. The minimum absolute atomic E-state index is 0.0366. The average molecular weight is 573 g/mol. The van der Waals surface area contributed by atoms with Crippen molar-refractivity contribution in [3.63, 3.8) is 0 Å². The van der Waals surface area contributed by atoms with Crippen LogP contribution in [0.15, 0.2) is 30.3 Å². The number of benzene rings is 1. The molecule has 5 rings (SSSR count). The van der Waals surface area contributed by atoms with Gasteiger partial charge in [0.2, 0.25) is 5.91 Å². The van der Waals surface area contributed by atoms with E-state index >= 15 is 0 Å². The molecular formula is C35H48N4O3. The lowest BCUT2D eigenvalue weighted by atomic mass is 9.90. The van der Waals surface area contributed by atoms with Crippen LogP contribution in [0.25, 0.3) is 17.5 Å². The van der Waals surface area contributed by atoms with Gasteiger partial charge in [-0.3, -0.25) is 14.4 Å². The predicted molar refractivity (Wildman–Crippen MR) is 167 cm³/mol. The molecule has 2 fully saturated rings. The van der Waals surface area contributed by atoms with Crippen LogP contribution >= 0.6 is 0 Å². The van der Waals surface area contributed by atoms with E-state index in [0.717, 1.165) is 94.2 Å². The molecule has 226 valence electrons. The van der Waals surface area contributed by atoms with Gasteiger partial charge in [0.15, 0.2) is 5.78 Å². The molecule has 1 aromatic heterocycles. The molecule has 1 aliphatic carbocycles. The molecule has 1 amide bonds. The highest BCUT2D eigenvalue weighted by molar-refractivity contribution is 5.96. The molecule has 42 heavy (non-hydrogen) atoms. The number of unbranched alkanes of at least 4 members (excludes halogenated alkanes) is 2. The van der Waals surface area contributed by atoms with Crippen molar-refractivity contribution >= 4 is 23.5 Å². The number of allylic oxidation sites excluding steroid dienone is 1. The summed E-state index contributed by atoms with van der Waals surface area (Å²) in [6.07, 6.45) is 15.1. The highest BCUT2D eigenvalue weighted by atomic mass is 16.2. The molecule has 4 bridgehead atoms. The standard InChI is InChI=1S/C35H48N4O3/c1-3-27(40)16-9-7-10-17-29(36-34(42)28-24-35(28)19-21-39(4-2)22-20-35)31-32-30(41)18-11-6-5-8-13-25-14-12-15-26(23-25)33(37-31)38-32/h8,12-15,23,28-29H,3-7,9-11,16-22,24H2,1-2H3,(H,36,42)(H,37,38)/b13-8+/t28-,29+/m1/s1.